The van der Waals surface area contributed by atoms with Gasteiger partial charge < -0.3 is 15.2 Å². The largest absolute Gasteiger partial charge is 0.322 e. The Morgan fingerprint density at radius 3 is 2.59 bits per heavy atom. The van der Waals surface area contributed by atoms with Crippen molar-refractivity contribution in [2.24, 2.45) is 4.99 Å². The molecule has 3 heterocycles. The van der Waals surface area contributed by atoms with Gasteiger partial charge in [0.1, 0.15) is 5.00 Å². The maximum atomic E-state index is 13.7. The number of aliphatic imine (C=N–C) groups is 1. The third-order valence-corrected chi connectivity index (χ3v) is 9.78. The molecule has 1 aliphatic heterocycles. The molecule has 41 heavy (non-hydrogen) atoms. The van der Waals surface area contributed by atoms with Gasteiger partial charge in [-0.05, 0) is 111 Å². The maximum absolute atomic E-state index is 13.7. The molecule has 1 saturated heterocycles. The molecule has 2 aromatic carbocycles. The second-order valence-electron chi connectivity index (χ2n) is 10.4. The van der Waals surface area contributed by atoms with Crippen molar-refractivity contribution in [3.8, 4) is 5.00 Å². The second kappa shape index (κ2) is 11.5. The Hall–Kier alpha value is -3.88. The number of amidine groups is 1. The van der Waals surface area contributed by atoms with Gasteiger partial charge in [0.15, 0.2) is 5.17 Å². The lowest BCUT2D eigenvalue weighted by atomic mass is 9.95. The topological polar surface area (TPSA) is 75.5 Å². The summed E-state index contributed by atoms with van der Waals surface area (Å²) < 4.78 is 2.18. The lowest BCUT2D eigenvalue weighted by molar-refractivity contribution is -0.115. The summed E-state index contributed by atoms with van der Waals surface area (Å²) in [4.78, 5) is 33.1. The fourth-order valence-corrected chi connectivity index (χ4v) is 7.78. The van der Waals surface area contributed by atoms with Crippen molar-refractivity contribution in [2.75, 3.05) is 5.32 Å². The number of amides is 2. The standard InChI is InChI=1S/C33H32N4O2S2/c1-4-22-14-16-25(17-15-22)35-33-36-30(38)28(41-33)19-23-18-20(2)37(21(23)3)32-29(26-12-8-9-13-27(26)40-32)31(39)34-24-10-6-5-7-11-24/h5-7,10-11,14-19H,4,8-9,12-13H2,1-3H3,(H,34,39)(H,35,36,38)/b28-19-. The van der Waals surface area contributed by atoms with Gasteiger partial charge in [-0.25, -0.2) is 4.99 Å². The minimum Gasteiger partial charge on any atom is -0.322 e. The fourth-order valence-electron chi connectivity index (χ4n) is 5.45. The van der Waals surface area contributed by atoms with E-state index < -0.39 is 0 Å². The molecule has 6 rings (SSSR count). The average Bonchev–Trinajstić information content (AvgIpc) is 3.61. The Morgan fingerprint density at radius 2 is 1.83 bits per heavy atom. The van der Waals surface area contributed by atoms with Crippen LogP contribution in [-0.2, 0) is 24.1 Å². The van der Waals surface area contributed by atoms with Gasteiger partial charge in [0.05, 0.1) is 16.2 Å². The molecule has 0 radical (unpaired) electrons. The first-order valence-electron chi connectivity index (χ1n) is 14.0. The van der Waals surface area contributed by atoms with Gasteiger partial charge in [-0.15, -0.1) is 11.3 Å². The van der Waals surface area contributed by atoms with Crippen molar-refractivity contribution in [2.45, 2.75) is 52.9 Å². The van der Waals surface area contributed by atoms with E-state index in [4.69, 9.17) is 0 Å². The monoisotopic (exact) mass is 580 g/mol. The van der Waals surface area contributed by atoms with Crippen LogP contribution >= 0.6 is 23.1 Å². The number of hydrogen-bond donors (Lipinski definition) is 2. The van der Waals surface area contributed by atoms with Crippen molar-refractivity contribution in [1.29, 1.82) is 0 Å². The van der Waals surface area contributed by atoms with Gasteiger partial charge in [-0.2, -0.15) is 0 Å². The number of aromatic nitrogens is 1. The van der Waals surface area contributed by atoms with Crippen molar-refractivity contribution >= 4 is 57.5 Å². The number of thioether (sulfide) groups is 1. The van der Waals surface area contributed by atoms with Gasteiger partial charge in [-0.3, -0.25) is 9.59 Å². The highest BCUT2D eigenvalue weighted by Gasteiger charge is 2.29. The van der Waals surface area contributed by atoms with Crippen LogP contribution in [-0.4, -0.2) is 21.5 Å². The first-order valence-corrected chi connectivity index (χ1v) is 15.6. The summed E-state index contributed by atoms with van der Waals surface area (Å²) in [6.07, 6.45) is 7.06. The fraction of sp³-hybridized carbons (Fsp3) is 0.242. The molecular formula is C33H32N4O2S2. The molecule has 1 aliphatic carbocycles. The third kappa shape index (κ3) is 5.54. The van der Waals surface area contributed by atoms with Gasteiger partial charge in [0.25, 0.3) is 11.8 Å². The van der Waals surface area contributed by atoms with Gasteiger partial charge in [0, 0.05) is 22.0 Å². The number of rotatable bonds is 6. The van der Waals surface area contributed by atoms with Crippen LogP contribution in [0.5, 0.6) is 0 Å². The third-order valence-electron chi connectivity index (χ3n) is 7.60. The molecule has 0 atom stereocenters. The molecule has 4 aromatic rings. The number of nitrogens with one attached hydrogen (secondary N) is 2. The normalized spacial score (nSPS) is 16.7. The number of carbonyl (C=O) groups is 2. The van der Waals surface area contributed by atoms with Gasteiger partial charge >= 0.3 is 0 Å². The number of benzene rings is 2. The number of para-hydroxylation sites is 1. The molecule has 0 saturated carbocycles. The predicted molar refractivity (Wildman–Crippen MR) is 171 cm³/mol. The Bertz CT molecular complexity index is 1700. The zero-order valence-corrected chi connectivity index (χ0v) is 25.0. The van der Waals surface area contributed by atoms with E-state index in [2.05, 4.69) is 59.2 Å². The minimum absolute atomic E-state index is 0.0726. The molecular weight excluding hydrogens is 549 g/mol. The summed E-state index contributed by atoms with van der Waals surface area (Å²) >= 11 is 3.07. The van der Waals surface area contributed by atoms with Crippen molar-refractivity contribution in [1.82, 2.24) is 9.88 Å². The zero-order valence-electron chi connectivity index (χ0n) is 23.4. The molecule has 6 nitrogen and oxygen atoms in total. The van der Waals surface area contributed by atoms with E-state index in [1.54, 1.807) is 11.3 Å². The van der Waals surface area contributed by atoms with Gasteiger partial charge in [-0.1, -0.05) is 37.3 Å². The molecule has 2 aromatic heterocycles. The molecule has 0 spiro atoms. The van der Waals surface area contributed by atoms with Crippen LogP contribution in [0.2, 0.25) is 0 Å². The van der Waals surface area contributed by atoms with Crippen LogP contribution in [0.3, 0.4) is 0 Å². The summed E-state index contributed by atoms with van der Waals surface area (Å²) in [7, 11) is 0. The summed E-state index contributed by atoms with van der Waals surface area (Å²) in [6, 6.07) is 19.8. The Kier molecular flexibility index (Phi) is 7.69. The van der Waals surface area contributed by atoms with Crippen LogP contribution in [0.1, 0.15) is 63.1 Å². The lowest BCUT2D eigenvalue weighted by Crippen LogP contribution is -2.19. The number of carbonyl (C=O) groups excluding carboxylic acids is 2. The van der Waals surface area contributed by atoms with Gasteiger partial charge in [0.2, 0.25) is 0 Å². The number of fused-ring (bicyclic) bond motifs is 1. The van der Waals surface area contributed by atoms with Crippen molar-refractivity contribution < 1.29 is 9.59 Å². The molecule has 2 amide bonds. The molecule has 8 heteroatoms. The van der Waals surface area contributed by atoms with Crippen LogP contribution in [0.25, 0.3) is 11.1 Å². The van der Waals surface area contributed by atoms with Crippen molar-refractivity contribution in [3.05, 3.63) is 104 Å². The van der Waals surface area contributed by atoms with E-state index in [9.17, 15) is 9.59 Å². The number of hydrogen-bond acceptors (Lipinski definition) is 5. The van der Waals surface area contributed by atoms with Crippen LogP contribution in [0.15, 0.2) is 70.6 Å². The lowest BCUT2D eigenvalue weighted by Gasteiger charge is -2.14. The summed E-state index contributed by atoms with van der Waals surface area (Å²) in [5, 5.41) is 7.55. The summed E-state index contributed by atoms with van der Waals surface area (Å²) in [5.74, 6) is -0.227. The highest BCUT2D eigenvalue weighted by atomic mass is 32.2. The highest BCUT2D eigenvalue weighted by molar-refractivity contribution is 8.18. The van der Waals surface area contributed by atoms with E-state index in [0.29, 0.717) is 10.1 Å². The quantitative estimate of drug-likeness (QED) is 0.229. The maximum Gasteiger partial charge on any atom is 0.264 e. The first-order chi connectivity index (χ1) is 19.9. The Morgan fingerprint density at radius 1 is 1.07 bits per heavy atom. The first kappa shape index (κ1) is 27.3. The molecule has 2 aliphatic rings. The average molecular weight is 581 g/mol. The smallest absolute Gasteiger partial charge is 0.264 e. The number of nitrogens with zero attached hydrogens (tertiary/aromatic N) is 2. The van der Waals surface area contributed by atoms with E-state index in [1.807, 2.05) is 48.5 Å². The number of thiophene rings is 1. The Balaban J connectivity index is 1.33. The molecule has 0 unspecified atom stereocenters. The van der Waals surface area contributed by atoms with E-state index in [0.717, 1.165) is 71.0 Å². The number of aryl methyl sites for hydroxylation is 3. The molecule has 2 N–H and O–H groups in total. The summed E-state index contributed by atoms with van der Waals surface area (Å²) in [6.45, 7) is 6.23. The van der Waals surface area contributed by atoms with Crippen molar-refractivity contribution in [3.63, 3.8) is 0 Å². The highest BCUT2D eigenvalue weighted by Crippen LogP contribution is 2.40. The molecule has 208 valence electrons. The SMILES string of the molecule is CCc1ccc(N=C2NC(=O)/C(=C/c3cc(C)n(-c4sc5c(c4C(=O)Nc4ccccc4)CCCC5)c3C)S2)cc1. The minimum atomic E-state index is -0.154. The molecule has 0 bridgehead atoms. The Labute approximate surface area is 248 Å². The summed E-state index contributed by atoms with van der Waals surface area (Å²) in [5.41, 5.74) is 7.77. The van der Waals surface area contributed by atoms with E-state index in [1.165, 1.54) is 27.8 Å². The van der Waals surface area contributed by atoms with E-state index >= 15 is 0 Å². The van der Waals surface area contributed by atoms with Crippen LogP contribution < -0.4 is 10.6 Å². The zero-order chi connectivity index (χ0) is 28.5. The van der Waals surface area contributed by atoms with E-state index in [-0.39, 0.29) is 11.8 Å². The second-order valence-corrected chi connectivity index (χ2v) is 12.5. The van der Waals surface area contributed by atoms with Crippen LogP contribution in [0.4, 0.5) is 11.4 Å². The molecule has 1 fully saturated rings. The number of anilines is 1. The van der Waals surface area contributed by atoms with Crippen LogP contribution in [0, 0.1) is 13.8 Å². The predicted octanol–water partition coefficient (Wildman–Crippen LogP) is 7.74.